The van der Waals surface area contributed by atoms with Crippen LogP contribution in [0.4, 0.5) is 0 Å². The summed E-state index contributed by atoms with van der Waals surface area (Å²) in [5.41, 5.74) is -1.19. The van der Waals surface area contributed by atoms with Gasteiger partial charge in [0.1, 0.15) is 5.60 Å². The highest BCUT2D eigenvalue weighted by Crippen LogP contribution is 2.43. The van der Waals surface area contributed by atoms with Gasteiger partial charge in [0, 0.05) is 18.5 Å². The second-order valence-corrected chi connectivity index (χ2v) is 8.05. The number of carbonyl (C=O) groups excluding carboxylic acids is 3. The molecule has 0 bridgehead atoms. The number of phosphoric acid groups is 1. The molecule has 156 valence electrons. The summed E-state index contributed by atoms with van der Waals surface area (Å²) in [6.07, 6.45) is 2.83. The Morgan fingerprint density at radius 3 is 2.68 bits per heavy atom. The zero-order valence-electron chi connectivity index (χ0n) is 15.7. The van der Waals surface area contributed by atoms with E-state index in [1.54, 1.807) is 13.0 Å². The van der Waals surface area contributed by atoms with Gasteiger partial charge in [0.25, 0.3) is 0 Å². The minimum Gasteiger partial charge on any atom is -0.462 e. The standard InChI is InChI=1S/C17H24NO9P/c1-11(2)16(21)25-8-4-7-18-14(19)9-13(15(18)20)17(6-5-12(3)27-17)10-26-28(22,23)24/h5-6,12-13H,1,4,7-10H2,2-3H3,(H2,22,23,24). The molecule has 0 aromatic carbocycles. The Labute approximate surface area is 162 Å². The van der Waals surface area contributed by atoms with E-state index in [-0.39, 0.29) is 31.6 Å². The minimum atomic E-state index is -4.79. The predicted octanol–water partition coefficient (Wildman–Crippen LogP) is 0.694. The number of ether oxygens (including phenoxy) is 2. The first-order chi connectivity index (χ1) is 12.9. The summed E-state index contributed by atoms with van der Waals surface area (Å²) in [5.74, 6) is -2.48. The lowest BCUT2D eigenvalue weighted by atomic mass is 9.87. The van der Waals surface area contributed by atoms with Gasteiger partial charge in [-0.05, 0) is 20.3 Å². The van der Waals surface area contributed by atoms with Gasteiger partial charge in [0.15, 0.2) is 0 Å². The van der Waals surface area contributed by atoms with E-state index in [2.05, 4.69) is 11.1 Å². The Morgan fingerprint density at radius 1 is 1.46 bits per heavy atom. The molecule has 1 saturated heterocycles. The van der Waals surface area contributed by atoms with E-state index in [1.807, 2.05) is 0 Å². The molecule has 2 N–H and O–H groups in total. The molecule has 11 heteroatoms. The van der Waals surface area contributed by atoms with E-state index in [1.165, 1.54) is 13.0 Å². The number of phosphoric ester groups is 1. The molecule has 0 aromatic heterocycles. The van der Waals surface area contributed by atoms with E-state index in [0.29, 0.717) is 0 Å². The molecule has 1 fully saturated rings. The molecule has 2 amide bonds. The Balaban J connectivity index is 2.03. The Hall–Kier alpha value is -1.84. The van der Waals surface area contributed by atoms with E-state index < -0.39 is 49.8 Å². The first kappa shape index (κ1) is 22.4. The molecule has 10 nitrogen and oxygen atoms in total. The topological polar surface area (TPSA) is 140 Å². The number of esters is 1. The molecule has 28 heavy (non-hydrogen) atoms. The van der Waals surface area contributed by atoms with E-state index >= 15 is 0 Å². The molecule has 2 heterocycles. The van der Waals surface area contributed by atoms with Crippen molar-refractivity contribution in [3.8, 4) is 0 Å². The molecule has 3 unspecified atom stereocenters. The third-order valence-electron chi connectivity index (χ3n) is 4.45. The summed E-state index contributed by atoms with van der Waals surface area (Å²) in [7, 11) is -4.79. The van der Waals surface area contributed by atoms with Crippen molar-refractivity contribution >= 4 is 25.6 Å². The minimum absolute atomic E-state index is 0.0211. The Morgan fingerprint density at radius 2 is 2.14 bits per heavy atom. The van der Waals surface area contributed by atoms with Gasteiger partial charge in [-0.2, -0.15) is 0 Å². The third-order valence-corrected chi connectivity index (χ3v) is 4.92. The molecule has 0 aromatic rings. The molecular formula is C17H24NO9P. The third kappa shape index (κ3) is 5.36. The van der Waals surface area contributed by atoms with Crippen LogP contribution in [-0.4, -0.2) is 63.9 Å². The summed E-state index contributed by atoms with van der Waals surface area (Å²) in [6, 6.07) is 0. The van der Waals surface area contributed by atoms with Crippen molar-refractivity contribution in [3.05, 3.63) is 24.3 Å². The summed E-state index contributed by atoms with van der Waals surface area (Å²) in [6.45, 7) is 6.17. The Kier molecular flexibility index (Phi) is 6.95. The molecule has 0 spiro atoms. The Bertz CT molecular complexity index is 743. The molecule has 0 aliphatic carbocycles. The van der Waals surface area contributed by atoms with E-state index in [9.17, 15) is 18.9 Å². The van der Waals surface area contributed by atoms with Crippen molar-refractivity contribution in [3.63, 3.8) is 0 Å². The average molecular weight is 417 g/mol. The van der Waals surface area contributed by atoms with Gasteiger partial charge < -0.3 is 19.3 Å². The molecule has 0 saturated carbocycles. The normalized spacial score (nSPS) is 27.5. The van der Waals surface area contributed by atoms with Crippen molar-refractivity contribution in [2.75, 3.05) is 19.8 Å². The maximum absolute atomic E-state index is 12.8. The number of hydrogen-bond acceptors (Lipinski definition) is 7. The zero-order chi connectivity index (χ0) is 21.1. The lowest BCUT2D eigenvalue weighted by Gasteiger charge is -2.32. The summed E-state index contributed by atoms with van der Waals surface area (Å²) in [4.78, 5) is 55.5. The van der Waals surface area contributed by atoms with Crippen LogP contribution in [0.3, 0.4) is 0 Å². The van der Waals surface area contributed by atoms with Crippen LogP contribution in [0.2, 0.25) is 0 Å². The largest absolute Gasteiger partial charge is 0.469 e. The van der Waals surface area contributed by atoms with Gasteiger partial charge in [-0.25, -0.2) is 9.36 Å². The van der Waals surface area contributed by atoms with Crippen molar-refractivity contribution in [2.24, 2.45) is 5.92 Å². The van der Waals surface area contributed by atoms with Gasteiger partial charge in [0.2, 0.25) is 11.8 Å². The molecule has 2 aliphatic rings. The second-order valence-electron chi connectivity index (χ2n) is 6.81. The number of hydrogen-bond donors (Lipinski definition) is 2. The molecule has 2 aliphatic heterocycles. The van der Waals surface area contributed by atoms with Crippen LogP contribution in [0, 0.1) is 5.92 Å². The zero-order valence-corrected chi connectivity index (χ0v) is 16.6. The van der Waals surface area contributed by atoms with Gasteiger partial charge >= 0.3 is 13.8 Å². The van der Waals surface area contributed by atoms with E-state index in [4.69, 9.17) is 19.3 Å². The fourth-order valence-corrected chi connectivity index (χ4v) is 3.47. The molecule has 0 radical (unpaired) electrons. The summed E-state index contributed by atoms with van der Waals surface area (Å²) >= 11 is 0. The van der Waals surface area contributed by atoms with Crippen LogP contribution in [-0.2, 0) is 32.9 Å². The highest BCUT2D eigenvalue weighted by Gasteiger charge is 2.53. The summed E-state index contributed by atoms with van der Waals surface area (Å²) in [5, 5.41) is 0. The van der Waals surface area contributed by atoms with E-state index in [0.717, 1.165) is 4.90 Å². The van der Waals surface area contributed by atoms with Crippen LogP contribution in [0.25, 0.3) is 0 Å². The summed E-state index contributed by atoms with van der Waals surface area (Å²) < 4.78 is 26.3. The van der Waals surface area contributed by atoms with Crippen molar-refractivity contribution in [1.82, 2.24) is 4.90 Å². The highest BCUT2D eigenvalue weighted by molar-refractivity contribution is 7.46. The van der Waals surface area contributed by atoms with Gasteiger partial charge in [-0.15, -0.1) is 0 Å². The van der Waals surface area contributed by atoms with Crippen LogP contribution >= 0.6 is 7.82 Å². The number of amides is 2. The number of carbonyl (C=O) groups is 3. The monoisotopic (exact) mass is 417 g/mol. The SMILES string of the molecule is C=C(C)C(=O)OCCCN1C(=O)CC(C2(COP(=O)(O)O)C=CC(C)O2)C1=O. The average Bonchev–Trinajstić information content (AvgIpc) is 3.10. The number of likely N-dealkylation sites (tertiary alicyclic amines) is 1. The lowest BCUT2D eigenvalue weighted by molar-refractivity contribution is -0.145. The first-order valence-corrected chi connectivity index (χ1v) is 10.2. The maximum atomic E-state index is 12.8. The molecule has 2 rings (SSSR count). The lowest BCUT2D eigenvalue weighted by Crippen LogP contribution is -2.46. The fraction of sp³-hybridized carbons (Fsp3) is 0.588. The fourth-order valence-electron chi connectivity index (χ4n) is 3.10. The first-order valence-electron chi connectivity index (χ1n) is 8.69. The second kappa shape index (κ2) is 8.67. The van der Waals surface area contributed by atoms with Crippen LogP contribution in [0.15, 0.2) is 24.3 Å². The van der Waals surface area contributed by atoms with Crippen LogP contribution < -0.4 is 0 Å². The molecular weight excluding hydrogens is 393 g/mol. The van der Waals surface area contributed by atoms with Crippen molar-refractivity contribution < 1.29 is 42.7 Å². The smallest absolute Gasteiger partial charge is 0.462 e. The number of rotatable bonds is 9. The van der Waals surface area contributed by atoms with Gasteiger partial charge in [-0.1, -0.05) is 18.7 Å². The highest BCUT2D eigenvalue weighted by atomic mass is 31.2. The van der Waals surface area contributed by atoms with Gasteiger partial charge in [-0.3, -0.25) is 19.0 Å². The van der Waals surface area contributed by atoms with Crippen molar-refractivity contribution in [2.45, 2.75) is 38.4 Å². The number of imide groups is 1. The maximum Gasteiger partial charge on any atom is 0.469 e. The molecule has 3 atom stereocenters. The van der Waals surface area contributed by atoms with Crippen LogP contribution in [0.5, 0.6) is 0 Å². The predicted molar refractivity (Wildman–Crippen MR) is 95.6 cm³/mol. The van der Waals surface area contributed by atoms with Crippen LogP contribution in [0.1, 0.15) is 26.7 Å². The van der Waals surface area contributed by atoms with Crippen molar-refractivity contribution in [1.29, 1.82) is 0 Å². The van der Waals surface area contributed by atoms with Gasteiger partial charge in [0.05, 0.1) is 25.2 Å². The quantitative estimate of drug-likeness (QED) is 0.138. The number of nitrogens with zero attached hydrogens (tertiary/aromatic N) is 1.